The first-order valence-corrected chi connectivity index (χ1v) is 10.0. The van der Waals surface area contributed by atoms with Crippen LogP contribution in [0.25, 0.3) is 0 Å². The summed E-state index contributed by atoms with van der Waals surface area (Å²) in [4.78, 5) is 11.7. The van der Waals surface area contributed by atoms with Crippen molar-refractivity contribution in [3.63, 3.8) is 0 Å². The van der Waals surface area contributed by atoms with Crippen molar-refractivity contribution >= 4 is 33.2 Å². The lowest BCUT2D eigenvalue weighted by atomic mass is 10.3. The first kappa shape index (κ1) is 20.1. The molecule has 0 fully saturated rings. The number of ether oxygens (including phenoxy) is 1. The lowest BCUT2D eigenvalue weighted by Crippen LogP contribution is -2.29. The predicted octanol–water partition coefficient (Wildman–Crippen LogP) is 3.44. The van der Waals surface area contributed by atoms with Gasteiger partial charge in [0.25, 0.3) is 15.9 Å². The Kier molecular flexibility index (Phi) is 7.29. The number of halogens is 1. The second-order valence-electron chi connectivity index (χ2n) is 5.58. The van der Waals surface area contributed by atoms with Crippen molar-refractivity contribution in [2.24, 2.45) is 0 Å². The van der Waals surface area contributed by atoms with Gasteiger partial charge in [-0.05, 0) is 55.0 Å². The minimum absolute atomic E-state index is 0.0900. The van der Waals surface area contributed by atoms with Gasteiger partial charge in [-0.1, -0.05) is 24.9 Å². The summed E-state index contributed by atoms with van der Waals surface area (Å²) in [6.45, 7) is 2.55. The van der Waals surface area contributed by atoms with Crippen molar-refractivity contribution in [2.45, 2.75) is 24.7 Å². The van der Waals surface area contributed by atoms with Crippen molar-refractivity contribution in [3.05, 3.63) is 53.6 Å². The third-order valence-electron chi connectivity index (χ3n) is 3.45. The van der Waals surface area contributed by atoms with Crippen LogP contribution in [-0.4, -0.2) is 27.5 Å². The molecule has 2 rings (SSSR count). The van der Waals surface area contributed by atoms with E-state index in [0.717, 1.165) is 12.8 Å². The molecule has 0 spiro atoms. The molecule has 1 amide bonds. The van der Waals surface area contributed by atoms with Crippen LogP contribution in [0.3, 0.4) is 0 Å². The van der Waals surface area contributed by atoms with Crippen molar-refractivity contribution in [3.8, 4) is 5.75 Å². The highest BCUT2D eigenvalue weighted by atomic mass is 35.5. The molecule has 0 atom stereocenters. The van der Waals surface area contributed by atoms with E-state index in [2.05, 4.69) is 10.0 Å². The van der Waals surface area contributed by atoms with Gasteiger partial charge in [-0.15, -0.1) is 0 Å². The number of amides is 1. The summed E-state index contributed by atoms with van der Waals surface area (Å²) in [6.07, 6.45) is 1.92. The molecule has 2 N–H and O–H groups in total. The fraction of sp³-hybridized carbons (Fsp3) is 0.278. The van der Waals surface area contributed by atoms with Gasteiger partial charge < -0.3 is 10.1 Å². The normalized spacial score (nSPS) is 11.0. The van der Waals surface area contributed by atoms with Crippen LogP contribution < -0.4 is 14.8 Å². The van der Waals surface area contributed by atoms with Crippen LogP contribution in [0.2, 0.25) is 5.02 Å². The molecule has 0 saturated heterocycles. The highest BCUT2D eigenvalue weighted by molar-refractivity contribution is 7.92. The molecule has 0 aliphatic heterocycles. The number of unbranched alkanes of at least 4 members (excludes halogenated alkanes) is 1. The Morgan fingerprint density at radius 2 is 1.73 bits per heavy atom. The van der Waals surface area contributed by atoms with Crippen LogP contribution in [0.15, 0.2) is 53.4 Å². The molecule has 0 aliphatic rings. The molecule has 0 heterocycles. The van der Waals surface area contributed by atoms with Crippen molar-refractivity contribution < 1.29 is 17.9 Å². The van der Waals surface area contributed by atoms with E-state index in [9.17, 15) is 13.2 Å². The van der Waals surface area contributed by atoms with E-state index >= 15 is 0 Å². The van der Waals surface area contributed by atoms with Crippen LogP contribution in [0.5, 0.6) is 5.75 Å². The highest BCUT2D eigenvalue weighted by Crippen LogP contribution is 2.20. The smallest absolute Gasteiger partial charge is 0.261 e. The van der Waals surface area contributed by atoms with Crippen LogP contribution in [-0.2, 0) is 14.8 Å². The fourth-order valence-electron chi connectivity index (χ4n) is 2.05. The van der Waals surface area contributed by atoms with Gasteiger partial charge in [0.15, 0.2) is 6.61 Å². The lowest BCUT2D eigenvalue weighted by molar-refractivity contribution is -0.123. The summed E-state index contributed by atoms with van der Waals surface area (Å²) >= 11 is 5.79. The number of sulfonamides is 1. The van der Waals surface area contributed by atoms with Crippen molar-refractivity contribution in [1.82, 2.24) is 5.32 Å². The Bertz CT molecular complexity index is 821. The summed E-state index contributed by atoms with van der Waals surface area (Å²) in [6, 6.07) is 12.2. The maximum absolute atomic E-state index is 12.4. The summed E-state index contributed by atoms with van der Waals surface area (Å²) in [5.41, 5.74) is 0.415. The van der Waals surface area contributed by atoms with Crippen LogP contribution in [0.4, 0.5) is 5.69 Å². The summed E-state index contributed by atoms with van der Waals surface area (Å²) in [5, 5.41) is 3.26. The zero-order chi connectivity index (χ0) is 19.0. The van der Waals surface area contributed by atoms with E-state index in [1.807, 2.05) is 6.92 Å². The van der Waals surface area contributed by atoms with Crippen LogP contribution in [0, 0.1) is 0 Å². The molecule has 0 saturated carbocycles. The number of carbonyl (C=O) groups is 1. The molecule has 0 radical (unpaired) electrons. The molecule has 8 heteroatoms. The summed E-state index contributed by atoms with van der Waals surface area (Å²) < 4.78 is 32.5. The lowest BCUT2D eigenvalue weighted by Gasteiger charge is -2.10. The molecule has 6 nitrogen and oxygen atoms in total. The monoisotopic (exact) mass is 396 g/mol. The average Bonchev–Trinajstić information content (AvgIpc) is 2.62. The second kappa shape index (κ2) is 9.45. The molecular weight excluding hydrogens is 376 g/mol. The second-order valence-corrected chi connectivity index (χ2v) is 7.69. The molecule has 2 aromatic carbocycles. The molecule has 140 valence electrons. The number of nitrogens with one attached hydrogen (secondary N) is 2. The number of carbonyl (C=O) groups excluding carboxylic acids is 1. The maximum Gasteiger partial charge on any atom is 0.261 e. The molecular formula is C18H21ClN2O4S. The number of hydrogen-bond acceptors (Lipinski definition) is 4. The van der Waals surface area contributed by atoms with Gasteiger partial charge in [0.05, 0.1) is 4.90 Å². The first-order valence-electron chi connectivity index (χ1n) is 8.18. The van der Waals surface area contributed by atoms with Gasteiger partial charge in [0, 0.05) is 17.3 Å². The molecule has 26 heavy (non-hydrogen) atoms. The fourth-order valence-corrected chi connectivity index (χ4v) is 3.24. The molecule has 0 bridgehead atoms. The van der Waals surface area contributed by atoms with Crippen molar-refractivity contribution in [2.75, 3.05) is 17.9 Å². The SMILES string of the molecule is CCCCNC(=O)COc1ccc(S(=O)(=O)Nc2ccc(Cl)cc2)cc1. The largest absolute Gasteiger partial charge is 0.484 e. The van der Waals surface area contributed by atoms with Gasteiger partial charge in [-0.25, -0.2) is 8.42 Å². The van der Waals surface area contributed by atoms with Gasteiger partial charge in [-0.2, -0.15) is 0 Å². The van der Waals surface area contributed by atoms with Crippen LogP contribution in [0.1, 0.15) is 19.8 Å². The number of hydrogen-bond donors (Lipinski definition) is 2. The number of rotatable bonds is 9. The van der Waals surface area contributed by atoms with E-state index in [-0.39, 0.29) is 17.4 Å². The third kappa shape index (κ3) is 6.24. The average molecular weight is 397 g/mol. The van der Waals surface area contributed by atoms with Crippen molar-refractivity contribution in [1.29, 1.82) is 0 Å². The molecule has 0 aromatic heterocycles. The molecule has 0 unspecified atom stereocenters. The van der Waals surface area contributed by atoms with E-state index in [1.54, 1.807) is 24.3 Å². The Hall–Kier alpha value is -2.25. The highest BCUT2D eigenvalue weighted by Gasteiger charge is 2.14. The van der Waals surface area contributed by atoms with E-state index in [1.165, 1.54) is 24.3 Å². The molecule has 2 aromatic rings. The van der Waals surface area contributed by atoms with E-state index in [4.69, 9.17) is 16.3 Å². The standard InChI is InChI=1S/C18H21ClN2O4S/c1-2-3-12-20-18(22)13-25-16-8-10-17(11-9-16)26(23,24)21-15-6-4-14(19)5-7-15/h4-11,21H,2-3,12-13H2,1H3,(H,20,22). The Balaban J connectivity index is 1.93. The number of benzene rings is 2. The maximum atomic E-state index is 12.4. The van der Waals surface area contributed by atoms with Gasteiger partial charge in [0.2, 0.25) is 0 Å². The van der Waals surface area contributed by atoms with E-state index in [0.29, 0.717) is 23.0 Å². The molecule has 0 aliphatic carbocycles. The Morgan fingerprint density at radius 3 is 2.35 bits per heavy atom. The summed E-state index contributed by atoms with van der Waals surface area (Å²) in [7, 11) is -3.72. The van der Waals surface area contributed by atoms with Gasteiger partial charge >= 0.3 is 0 Å². The van der Waals surface area contributed by atoms with Gasteiger partial charge in [-0.3, -0.25) is 9.52 Å². The zero-order valence-electron chi connectivity index (χ0n) is 14.4. The number of anilines is 1. The summed E-state index contributed by atoms with van der Waals surface area (Å²) in [5.74, 6) is 0.209. The topological polar surface area (TPSA) is 84.5 Å². The Labute approximate surface area is 158 Å². The minimum Gasteiger partial charge on any atom is -0.484 e. The quantitative estimate of drug-likeness (QED) is 0.636. The minimum atomic E-state index is -3.72. The Morgan fingerprint density at radius 1 is 1.08 bits per heavy atom. The van der Waals surface area contributed by atoms with E-state index < -0.39 is 10.0 Å². The van der Waals surface area contributed by atoms with Crippen LogP contribution >= 0.6 is 11.6 Å². The first-order chi connectivity index (χ1) is 12.4. The zero-order valence-corrected chi connectivity index (χ0v) is 15.9. The predicted molar refractivity (Wildman–Crippen MR) is 102 cm³/mol. The van der Waals surface area contributed by atoms with Gasteiger partial charge in [0.1, 0.15) is 5.75 Å². The third-order valence-corrected chi connectivity index (χ3v) is 5.10.